The van der Waals surface area contributed by atoms with Crippen molar-refractivity contribution in [2.45, 2.75) is 31.8 Å². The molecule has 0 aromatic heterocycles. The average molecular weight is 310 g/mol. The molecule has 0 spiro atoms. The normalized spacial score (nSPS) is 19.5. The Bertz CT molecular complexity index is 524. The largest absolute Gasteiger partial charge is 0.311 e. The number of nitrogens with zero attached hydrogens (tertiary/aromatic N) is 1. The van der Waals surface area contributed by atoms with E-state index in [1.807, 2.05) is 13.0 Å². The molecular weight excluding hydrogens is 284 g/mol. The standard InChI is InChI=1S/C16H26N2O2S/c1-14(13-21(2,19)20)17-12-16(18-10-6-7-11-18)15-8-4-3-5-9-15/h3-5,8-9,14,16-17H,6-7,10-13H2,1-2H3. The lowest BCUT2D eigenvalue weighted by molar-refractivity contribution is 0.235. The van der Waals surface area contributed by atoms with Crippen LogP contribution < -0.4 is 5.32 Å². The molecule has 2 unspecified atom stereocenters. The number of likely N-dealkylation sites (tertiary alicyclic amines) is 1. The molecule has 1 aliphatic rings. The predicted octanol–water partition coefficient (Wildman–Crippen LogP) is 1.85. The van der Waals surface area contributed by atoms with Gasteiger partial charge in [-0.15, -0.1) is 0 Å². The lowest BCUT2D eigenvalue weighted by Crippen LogP contribution is -2.40. The summed E-state index contributed by atoms with van der Waals surface area (Å²) in [5, 5.41) is 3.39. The first-order chi connectivity index (χ1) is 9.96. The van der Waals surface area contributed by atoms with Gasteiger partial charge < -0.3 is 5.32 Å². The zero-order valence-corrected chi connectivity index (χ0v) is 13.8. The Kier molecular flexibility index (Phi) is 5.79. The van der Waals surface area contributed by atoms with Crippen LogP contribution in [0.25, 0.3) is 0 Å². The summed E-state index contributed by atoms with van der Waals surface area (Å²) in [6, 6.07) is 10.8. The fourth-order valence-corrected chi connectivity index (χ4v) is 4.04. The highest BCUT2D eigenvalue weighted by Crippen LogP contribution is 2.24. The van der Waals surface area contributed by atoms with Gasteiger partial charge in [0.2, 0.25) is 0 Å². The van der Waals surface area contributed by atoms with Crippen LogP contribution in [-0.4, -0.2) is 51.0 Å². The van der Waals surface area contributed by atoms with Crippen LogP contribution in [0.1, 0.15) is 31.4 Å². The van der Waals surface area contributed by atoms with Gasteiger partial charge in [0.1, 0.15) is 9.84 Å². The van der Waals surface area contributed by atoms with Crippen molar-refractivity contribution >= 4 is 9.84 Å². The maximum atomic E-state index is 11.4. The molecule has 1 aromatic carbocycles. The van der Waals surface area contributed by atoms with Gasteiger partial charge in [-0.25, -0.2) is 8.42 Å². The van der Waals surface area contributed by atoms with Gasteiger partial charge in [0.25, 0.3) is 0 Å². The average Bonchev–Trinajstić information content (AvgIpc) is 2.92. The highest BCUT2D eigenvalue weighted by molar-refractivity contribution is 7.90. The zero-order chi connectivity index (χ0) is 15.3. The number of sulfone groups is 1. The molecule has 0 saturated carbocycles. The zero-order valence-electron chi connectivity index (χ0n) is 13.0. The highest BCUT2D eigenvalue weighted by atomic mass is 32.2. The summed E-state index contributed by atoms with van der Waals surface area (Å²) in [6.07, 6.45) is 3.80. The molecule has 4 nitrogen and oxygen atoms in total. The van der Waals surface area contributed by atoms with Crippen molar-refractivity contribution in [2.75, 3.05) is 31.6 Å². The molecule has 118 valence electrons. The van der Waals surface area contributed by atoms with E-state index in [9.17, 15) is 8.42 Å². The van der Waals surface area contributed by atoms with Gasteiger partial charge in [-0.2, -0.15) is 0 Å². The molecule has 2 atom stereocenters. The third-order valence-corrected chi connectivity index (χ3v) is 5.08. The summed E-state index contributed by atoms with van der Waals surface area (Å²) < 4.78 is 22.7. The highest BCUT2D eigenvalue weighted by Gasteiger charge is 2.23. The van der Waals surface area contributed by atoms with Gasteiger partial charge in [-0.3, -0.25) is 4.90 Å². The van der Waals surface area contributed by atoms with Gasteiger partial charge in [0, 0.05) is 24.9 Å². The van der Waals surface area contributed by atoms with Gasteiger partial charge in [0.05, 0.1) is 5.75 Å². The third-order valence-electron chi connectivity index (χ3n) is 3.98. The van der Waals surface area contributed by atoms with E-state index in [2.05, 4.69) is 34.5 Å². The van der Waals surface area contributed by atoms with E-state index in [1.165, 1.54) is 24.7 Å². The van der Waals surface area contributed by atoms with Gasteiger partial charge in [-0.05, 0) is 38.4 Å². The van der Waals surface area contributed by atoms with E-state index in [-0.39, 0.29) is 11.8 Å². The third kappa shape index (κ3) is 5.41. The van der Waals surface area contributed by atoms with Gasteiger partial charge in [0.15, 0.2) is 0 Å². The summed E-state index contributed by atoms with van der Waals surface area (Å²) >= 11 is 0. The van der Waals surface area contributed by atoms with E-state index in [0.717, 1.165) is 19.6 Å². The van der Waals surface area contributed by atoms with Gasteiger partial charge >= 0.3 is 0 Å². The van der Waals surface area contributed by atoms with Crippen molar-refractivity contribution in [3.8, 4) is 0 Å². The van der Waals surface area contributed by atoms with Crippen LogP contribution in [0.4, 0.5) is 0 Å². The second kappa shape index (κ2) is 7.38. The first kappa shape index (κ1) is 16.5. The lowest BCUT2D eigenvalue weighted by Gasteiger charge is -2.29. The van der Waals surface area contributed by atoms with Crippen LogP contribution in [0.5, 0.6) is 0 Å². The Morgan fingerprint density at radius 1 is 1.19 bits per heavy atom. The Labute approximate surface area is 128 Å². The van der Waals surface area contributed by atoms with Crippen LogP contribution in [0.3, 0.4) is 0 Å². The van der Waals surface area contributed by atoms with E-state index < -0.39 is 9.84 Å². The number of hydrogen-bond donors (Lipinski definition) is 1. The summed E-state index contributed by atoms with van der Waals surface area (Å²) in [7, 11) is -2.93. The van der Waals surface area contributed by atoms with Crippen molar-refractivity contribution in [2.24, 2.45) is 0 Å². The molecule has 1 saturated heterocycles. The SMILES string of the molecule is CC(CS(C)(=O)=O)NCC(c1ccccc1)N1CCCC1. The maximum Gasteiger partial charge on any atom is 0.148 e. The summed E-state index contributed by atoms with van der Waals surface area (Å²) in [6.45, 7) is 4.98. The second-order valence-corrected chi connectivity index (χ2v) is 8.26. The monoisotopic (exact) mass is 310 g/mol. The maximum absolute atomic E-state index is 11.4. The van der Waals surface area contributed by atoms with Crippen LogP contribution in [-0.2, 0) is 9.84 Å². The number of nitrogens with one attached hydrogen (secondary N) is 1. The number of rotatable bonds is 7. The Morgan fingerprint density at radius 2 is 1.81 bits per heavy atom. The van der Waals surface area contributed by atoms with Crippen LogP contribution in [0.15, 0.2) is 30.3 Å². The lowest BCUT2D eigenvalue weighted by atomic mass is 10.1. The van der Waals surface area contributed by atoms with Crippen LogP contribution in [0, 0.1) is 0 Å². The molecule has 1 fully saturated rings. The van der Waals surface area contributed by atoms with E-state index in [1.54, 1.807) is 0 Å². The van der Waals surface area contributed by atoms with Crippen molar-refractivity contribution < 1.29 is 8.42 Å². The fourth-order valence-electron chi connectivity index (χ4n) is 3.01. The molecule has 0 bridgehead atoms. The minimum absolute atomic E-state index is 0.0196. The molecule has 1 heterocycles. The van der Waals surface area contributed by atoms with Crippen LogP contribution >= 0.6 is 0 Å². The number of hydrogen-bond acceptors (Lipinski definition) is 4. The molecule has 0 aliphatic carbocycles. The first-order valence-electron chi connectivity index (χ1n) is 7.66. The second-order valence-electron chi connectivity index (χ2n) is 6.07. The molecule has 0 amide bonds. The number of benzene rings is 1. The Morgan fingerprint density at radius 3 is 2.38 bits per heavy atom. The molecule has 1 aromatic rings. The van der Waals surface area contributed by atoms with Crippen molar-refractivity contribution in [1.29, 1.82) is 0 Å². The molecule has 5 heteroatoms. The van der Waals surface area contributed by atoms with E-state index in [4.69, 9.17) is 0 Å². The molecule has 1 N–H and O–H groups in total. The summed E-state index contributed by atoms with van der Waals surface area (Å²) in [5.41, 5.74) is 1.30. The topological polar surface area (TPSA) is 49.4 Å². The van der Waals surface area contributed by atoms with Crippen molar-refractivity contribution in [3.63, 3.8) is 0 Å². The minimum Gasteiger partial charge on any atom is -0.311 e. The fraction of sp³-hybridized carbons (Fsp3) is 0.625. The minimum atomic E-state index is -2.93. The summed E-state index contributed by atoms with van der Waals surface area (Å²) in [5.74, 6) is 0.189. The molecule has 2 rings (SSSR count). The smallest absolute Gasteiger partial charge is 0.148 e. The molecular formula is C16H26N2O2S. The van der Waals surface area contributed by atoms with Crippen molar-refractivity contribution in [3.05, 3.63) is 35.9 Å². The Balaban J connectivity index is 2.00. The molecule has 0 radical (unpaired) electrons. The molecule has 1 aliphatic heterocycles. The van der Waals surface area contributed by atoms with E-state index in [0.29, 0.717) is 6.04 Å². The van der Waals surface area contributed by atoms with Gasteiger partial charge in [-0.1, -0.05) is 30.3 Å². The predicted molar refractivity (Wildman–Crippen MR) is 87.2 cm³/mol. The Hall–Kier alpha value is -0.910. The quantitative estimate of drug-likeness (QED) is 0.835. The first-order valence-corrected chi connectivity index (χ1v) is 9.72. The molecule has 21 heavy (non-hydrogen) atoms. The van der Waals surface area contributed by atoms with E-state index >= 15 is 0 Å². The van der Waals surface area contributed by atoms with Crippen LogP contribution in [0.2, 0.25) is 0 Å². The van der Waals surface area contributed by atoms with Crippen molar-refractivity contribution in [1.82, 2.24) is 10.2 Å². The summed E-state index contributed by atoms with van der Waals surface area (Å²) in [4.78, 5) is 2.50.